The normalized spacial score (nSPS) is 14.4. The lowest BCUT2D eigenvalue weighted by molar-refractivity contribution is -0.313. The molecule has 0 saturated carbocycles. The summed E-state index contributed by atoms with van der Waals surface area (Å²) in [6.07, 6.45) is -0.497. The van der Waals surface area contributed by atoms with Crippen LogP contribution in [-0.4, -0.2) is 23.7 Å². The number of hydrogen-bond acceptors (Lipinski definition) is 7. The Balaban J connectivity index is 1.25. The summed E-state index contributed by atoms with van der Waals surface area (Å²) in [6.45, 7) is 3.01. The number of aliphatic carboxylic acids is 1. The Morgan fingerprint density at radius 2 is 1.83 bits per heavy atom. The molecule has 1 aliphatic heterocycles. The molecule has 184 valence electrons. The Kier molecular flexibility index (Phi) is 6.82. The zero-order valence-electron chi connectivity index (χ0n) is 19.6. The molecule has 1 atom stereocenters. The second kappa shape index (κ2) is 10.3. The minimum Gasteiger partial charge on any atom is -0.544 e. The number of carbonyl (C=O) groups is 1. The summed E-state index contributed by atoms with van der Waals surface area (Å²) in [5, 5.41) is 13.1. The van der Waals surface area contributed by atoms with Crippen LogP contribution < -0.4 is 24.2 Å². The molecule has 0 N–H and O–H groups in total. The average molecular weight is 504 g/mol. The molecule has 1 unspecified atom stereocenters. The highest BCUT2D eigenvalue weighted by atomic mass is 35.5. The Labute approximate surface area is 213 Å². The van der Waals surface area contributed by atoms with Crippen molar-refractivity contribution >= 4 is 34.2 Å². The molecule has 0 fully saturated rings. The molecule has 2 heterocycles. The molecule has 3 aromatic carbocycles. The van der Waals surface area contributed by atoms with Gasteiger partial charge in [-0.1, -0.05) is 54.9 Å². The average Bonchev–Trinajstić information content (AvgIpc) is 3.26. The molecule has 0 aliphatic carbocycles. The van der Waals surface area contributed by atoms with Gasteiger partial charge in [0.1, 0.15) is 36.4 Å². The molecule has 7 nitrogen and oxygen atoms in total. The summed E-state index contributed by atoms with van der Waals surface area (Å²) in [5.74, 6) is 0.194. The fourth-order valence-corrected chi connectivity index (χ4v) is 4.37. The highest BCUT2D eigenvalue weighted by Gasteiger charge is 2.35. The van der Waals surface area contributed by atoms with Crippen LogP contribution in [0.4, 0.5) is 5.69 Å². The van der Waals surface area contributed by atoms with E-state index in [1.54, 1.807) is 17.0 Å². The first-order chi connectivity index (χ1) is 17.5. The highest BCUT2D eigenvalue weighted by Crippen LogP contribution is 2.48. The first-order valence-electron chi connectivity index (χ1n) is 11.7. The maximum Gasteiger partial charge on any atom is 0.213 e. The van der Waals surface area contributed by atoms with Gasteiger partial charge >= 0.3 is 0 Å². The van der Waals surface area contributed by atoms with Crippen molar-refractivity contribution in [3.05, 3.63) is 89.1 Å². The van der Waals surface area contributed by atoms with Crippen molar-refractivity contribution in [2.45, 2.75) is 32.8 Å². The van der Waals surface area contributed by atoms with Crippen LogP contribution in [0.3, 0.4) is 0 Å². The van der Waals surface area contributed by atoms with E-state index in [0.717, 1.165) is 22.2 Å². The molecule has 36 heavy (non-hydrogen) atoms. The Hall–Kier alpha value is -3.97. The first kappa shape index (κ1) is 23.8. The highest BCUT2D eigenvalue weighted by molar-refractivity contribution is 6.32. The van der Waals surface area contributed by atoms with E-state index in [2.05, 4.69) is 4.98 Å². The van der Waals surface area contributed by atoms with Gasteiger partial charge < -0.3 is 29.0 Å². The topological polar surface area (TPSA) is 84.0 Å². The van der Waals surface area contributed by atoms with E-state index in [4.69, 9.17) is 25.8 Å². The van der Waals surface area contributed by atoms with E-state index in [1.165, 1.54) is 0 Å². The number of carbonyl (C=O) groups excluding carboxylic acids is 1. The third-order valence-corrected chi connectivity index (χ3v) is 6.17. The Morgan fingerprint density at radius 1 is 1.03 bits per heavy atom. The van der Waals surface area contributed by atoms with Crippen molar-refractivity contribution in [2.75, 3.05) is 11.4 Å². The van der Waals surface area contributed by atoms with E-state index in [-0.39, 0.29) is 6.61 Å². The third kappa shape index (κ3) is 4.88. The smallest absolute Gasteiger partial charge is 0.213 e. The van der Waals surface area contributed by atoms with Gasteiger partial charge in [0.05, 0.1) is 16.2 Å². The molecule has 0 bridgehead atoms. The number of rotatable bonds is 9. The van der Waals surface area contributed by atoms with Crippen molar-refractivity contribution in [2.24, 2.45) is 0 Å². The molecule has 0 saturated heterocycles. The second-order valence-electron chi connectivity index (χ2n) is 8.42. The SMILES string of the molecule is CCCN1c2c(ccc(Cl)c2OCc2ccc(OCc3ccc4ccccc4n3)cc2)OC1C(=O)[O-]. The fourth-order valence-electron chi connectivity index (χ4n) is 4.16. The Morgan fingerprint density at radius 3 is 2.61 bits per heavy atom. The number of carboxylic acids is 1. The van der Waals surface area contributed by atoms with Gasteiger partial charge in [0.25, 0.3) is 0 Å². The fraction of sp³-hybridized carbons (Fsp3) is 0.214. The molecule has 0 spiro atoms. The number of hydrogen-bond donors (Lipinski definition) is 0. The molecule has 4 aromatic rings. The molecular weight excluding hydrogens is 480 g/mol. The van der Waals surface area contributed by atoms with Gasteiger partial charge in [-0.25, -0.2) is 4.98 Å². The number of halogens is 1. The van der Waals surface area contributed by atoms with E-state index in [1.807, 2.05) is 67.6 Å². The van der Waals surface area contributed by atoms with Crippen LogP contribution in [0.5, 0.6) is 17.2 Å². The van der Waals surface area contributed by atoms with Crippen LogP contribution in [0.25, 0.3) is 10.9 Å². The number of benzene rings is 3. The first-order valence-corrected chi connectivity index (χ1v) is 12.1. The van der Waals surface area contributed by atoms with Gasteiger partial charge in [-0.15, -0.1) is 0 Å². The minimum absolute atomic E-state index is 0.235. The number of nitrogens with zero attached hydrogens (tertiary/aromatic N) is 2. The summed E-state index contributed by atoms with van der Waals surface area (Å²) in [7, 11) is 0. The molecule has 8 heteroatoms. The van der Waals surface area contributed by atoms with E-state index in [9.17, 15) is 9.90 Å². The van der Waals surface area contributed by atoms with Gasteiger partial charge in [0.2, 0.25) is 6.23 Å². The van der Waals surface area contributed by atoms with E-state index in [0.29, 0.717) is 47.5 Å². The van der Waals surface area contributed by atoms with Crippen molar-refractivity contribution in [3.63, 3.8) is 0 Å². The lowest BCUT2D eigenvalue weighted by atomic mass is 10.2. The van der Waals surface area contributed by atoms with Crippen LogP contribution in [0.1, 0.15) is 24.6 Å². The number of fused-ring (bicyclic) bond motifs is 2. The second-order valence-corrected chi connectivity index (χ2v) is 8.83. The maximum absolute atomic E-state index is 11.6. The molecule has 0 amide bonds. The summed E-state index contributed by atoms with van der Waals surface area (Å²) in [6, 6.07) is 22.8. The predicted octanol–water partition coefficient (Wildman–Crippen LogP) is 4.73. The van der Waals surface area contributed by atoms with Gasteiger partial charge in [0, 0.05) is 11.9 Å². The number of carboxylic acid groups (broad SMARTS) is 1. The van der Waals surface area contributed by atoms with Crippen molar-refractivity contribution in [1.82, 2.24) is 4.98 Å². The van der Waals surface area contributed by atoms with Crippen LogP contribution >= 0.6 is 11.6 Å². The lowest BCUT2D eigenvalue weighted by Crippen LogP contribution is -2.49. The zero-order chi connectivity index (χ0) is 25.1. The molecule has 1 aromatic heterocycles. The number of anilines is 1. The monoisotopic (exact) mass is 503 g/mol. The van der Waals surface area contributed by atoms with Crippen LogP contribution in [-0.2, 0) is 18.0 Å². The number of aromatic nitrogens is 1. The van der Waals surface area contributed by atoms with Gasteiger partial charge in [-0.2, -0.15) is 0 Å². The van der Waals surface area contributed by atoms with Crippen molar-refractivity contribution in [3.8, 4) is 17.2 Å². The quantitative estimate of drug-likeness (QED) is 0.326. The summed E-state index contributed by atoms with van der Waals surface area (Å²) >= 11 is 6.43. The van der Waals surface area contributed by atoms with Gasteiger partial charge in [0.15, 0.2) is 5.75 Å². The molecule has 0 radical (unpaired) electrons. The third-order valence-electron chi connectivity index (χ3n) is 5.87. The Bertz CT molecular complexity index is 1390. The van der Waals surface area contributed by atoms with Crippen LogP contribution in [0.2, 0.25) is 5.02 Å². The number of pyridine rings is 1. The largest absolute Gasteiger partial charge is 0.544 e. The predicted molar refractivity (Wildman–Crippen MR) is 135 cm³/mol. The maximum atomic E-state index is 11.6. The van der Waals surface area contributed by atoms with Crippen molar-refractivity contribution < 1.29 is 24.1 Å². The van der Waals surface area contributed by atoms with E-state index >= 15 is 0 Å². The van der Waals surface area contributed by atoms with Crippen LogP contribution in [0.15, 0.2) is 72.8 Å². The molecule has 5 rings (SSSR count). The minimum atomic E-state index is -1.31. The number of para-hydroxylation sites is 1. The molecular formula is C28H24ClN2O5-. The van der Waals surface area contributed by atoms with Gasteiger partial charge in [-0.3, -0.25) is 0 Å². The summed E-state index contributed by atoms with van der Waals surface area (Å²) < 4.78 is 17.6. The van der Waals surface area contributed by atoms with Crippen LogP contribution in [0, 0.1) is 0 Å². The lowest BCUT2D eigenvalue weighted by Gasteiger charge is -2.26. The number of ether oxygens (including phenoxy) is 3. The zero-order valence-corrected chi connectivity index (χ0v) is 20.4. The van der Waals surface area contributed by atoms with E-state index < -0.39 is 12.2 Å². The standard InChI is InChI=1S/C28H25ClN2O5/c1-2-15-31-25-24(36-27(31)28(32)33)14-13-22(29)26(25)35-16-18-7-11-21(12-8-18)34-17-20-10-9-19-5-3-4-6-23(19)30-20/h3-14,27H,2,15-17H2,1H3,(H,32,33)/p-1. The summed E-state index contributed by atoms with van der Waals surface area (Å²) in [4.78, 5) is 17.8. The summed E-state index contributed by atoms with van der Waals surface area (Å²) in [5.41, 5.74) is 3.21. The molecule has 1 aliphatic rings. The van der Waals surface area contributed by atoms with Gasteiger partial charge in [-0.05, 0) is 48.4 Å². The van der Waals surface area contributed by atoms with Crippen molar-refractivity contribution in [1.29, 1.82) is 0 Å².